The minimum absolute atomic E-state index is 0.0603. The smallest absolute Gasteiger partial charge is 0.252 e. The quantitative estimate of drug-likeness (QED) is 0.765. The predicted octanol–water partition coefficient (Wildman–Crippen LogP) is 0.238. The molecule has 0 aromatic heterocycles. The Bertz CT molecular complexity index is 516. The number of nitrogens with zero attached hydrogens (tertiary/aromatic N) is 1. The number of hydrogen-bond donors (Lipinski definition) is 2. The van der Waals surface area contributed by atoms with Gasteiger partial charge in [0, 0.05) is 19.2 Å². The van der Waals surface area contributed by atoms with E-state index in [4.69, 9.17) is 10.5 Å². The monoisotopic (exact) mass is 263 g/mol. The Balaban J connectivity index is 2.08. The molecule has 0 radical (unpaired) electrons. The minimum Gasteiger partial charge on any atom is -0.495 e. The third-order valence-corrected chi connectivity index (χ3v) is 3.22. The number of carbonyl (C=O) groups is 2. The molecule has 6 heteroatoms. The molecule has 19 heavy (non-hydrogen) atoms. The molecule has 2 rings (SSSR count). The number of ether oxygens (including phenoxy) is 1. The van der Waals surface area contributed by atoms with Gasteiger partial charge in [-0.25, -0.2) is 0 Å². The van der Waals surface area contributed by atoms with Crippen molar-refractivity contribution >= 4 is 17.5 Å². The summed E-state index contributed by atoms with van der Waals surface area (Å²) in [6.45, 7) is 0.661. The van der Waals surface area contributed by atoms with Gasteiger partial charge in [0.1, 0.15) is 11.8 Å². The molecule has 1 saturated heterocycles. The molecule has 102 valence electrons. The van der Waals surface area contributed by atoms with E-state index in [-0.39, 0.29) is 11.8 Å². The van der Waals surface area contributed by atoms with Crippen molar-refractivity contribution in [2.75, 3.05) is 26.4 Å². The van der Waals surface area contributed by atoms with Crippen LogP contribution in [0.15, 0.2) is 18.2 Å². The maximum Gasteiger partial charge on any atom is 0.252 e. The second-order valence-electron chi connectivity index (χ2n) is 4.53. The summed E-state index contributed by atoms with van der Waals surface area (Å²) in [5.41, 5.74) is 6.56. The molecule has 1 fully saturated rings. The van der Waals surface area contributed by atoms with E-state index < -0.39 is 6.04 Å². The van der Waals surface area contributed by atoms with Gasteiger partial charge in [-0.05, 0) is 24.6 Å². The molecule has 1 aromatic rings. The van der Waals surface area contributed by atoms with Crippen LogP contribution >= 0.6 is 0 Å². The first-order valence-electron chi connectivity index (χ1n) is 6.02. The van der Waals surface area contributed by atoms with Gasteiger partial charge in [-0.15, -0.1) is 0 Å². The molecule has 2 amide bonds. The summed E-state index contributed by atoms with van der Waals surface area (Å²) in [4.78, 5) is 25.3. The van der Waals surface area contributed by atoms with E-state index in [2.05, 4.69) is 5.32 Å². The molecular weight excluding hydrogens is 246 g/mol. The maximum absolute atomic E-state index is 12.0. The summed E-state index contributed by atoms with van der Waals surface area (Å²) in [7, 11) is 3.23. The fourth-order valence-electron chi connectivity index (χ4n) is 2.07. The highest BCUT2D eigenvalue weighted by molar-refractivity contribution is 5.98. The van der Waals surface area contributed by atoms with Gasteiger partial charge in [0.15, 0.2) is 0 Å². The largest absolute Gasteiger partial charge is 0.495 e. The van der Waals surface area contributed by atoms with Crippen molar-refractivity contribution in [3.05, 3.63) is 23.8 Å². The van der Waals surface area contributed by atoms with Crippen LogP contribution in [0.1, 0.15) is 16.8 Å². The zero-order valence-corrected chi connectivity index (χ0v) is 11.0. The van der Waals surface area contributed by atoms with Crippen molar-refractivity contribution in [2.45, 2.75) is 12.5 Å². The van der Waals surface area contributed by atoms with Crippen molar-refractivity contribution in [1.29, 1.82) is 0 Å². The van der Waals surface area contributed by atoms with Gasteiger partial charge < -0.3 is 20.7 Å². The number of nitrogens with one attached hydrogen (secondary N) is 1. The van der Waals surface area contributed by atoms with E-state index in [1.807, 2.05) is 0 Å². The molecular formula is C13H17N3O3. The minimum atomic E-state index is -0.444. The lowest BCUT2D eigenvalue weighted by molar-refractivity contribution is -0.128. The first kappa shape index (κ1) is 13.2. The van der Waals surface area contributed by atoms with Crippen molar-refractivity contribution < 1.29 is 14.3 Å². The van der Waals surface area contributed by atoms with Crippen LogP contribution in [0.3, 0.4) is 0 Å². The second-order valence-corrected chi connectivity index (χ2v) is 4.53. The highest BCUT2D eigenvalue weighted by Gasteiger charge is 2.30. The number of likely N-dealkylation sites (N-methyl/N-ethyl adjacent to an activating group) is 1. The Kier molecular flexibility index (Phi) is 3.59. The third kappa shape index (κ3) is 2.62. The Morgan fingerprint density at radius 1 is 1.53 bits per heavy atom. The number of rotatable bonds is 3. The molecule has 0 saturated carbocycles. The lowest BCUT2D eigenvalue weighted by Gasteiger charge is -2.13. The Hall–Kier alpha value is -2.24. The molecule has 1 atom stereocenters. The van der Waals surface area contributed by atoms with E-state index in [0.717, 1.165) is 0 Å². The first-order valence-corrected chi connectivity index (χ1v) is 6.02. The molecule has 1 aliphatic rings. The summed E-state index contributed by atoms with van der Waals surface area (Å²) in [5, 5.41) is 2.71. The summed E-state index contributed by atoms with van der Waals surface area (Å²) >= 11 is 0. The summed E-state index contributed by atoms with van der Waals surface area (Å²) < 4.78 is 5.03. The van der Waals surface area contributed by atoms with Gasteiger partial charge >= 0.3 is 0 Å². The van der Waals surface area contributed by atoms with Crippen LogP contribution in [-0.2, 0) is 4.79 Å². The molecule has 0 bridgehead atoms. The van der Waals surface area contributed by atoms with Crippen LogP contribution in [0.5, 0.6) is 5.75 Å². The summed E-state index contributed by atoms with van der Waals surface area (Å²) in [5.74, 6) is 0.158. The fraction of sp³-hybridized carbons (Fsp3) is 0.385. The zero-order chi connectivity index (χ0) is 14.0. The number of nitrogens with two attached hydrogens (primary N) is 1. The average Bonchev–Trinajstić information content (AvgIpc) is 2.70. The zero-order valence-electron chi connectivity index (χ0n) is 11.0. The molecule has 0 aliphatic carbocycles. The summed E-state index contributed by atoms with van der Waals surface area (Å²) in [6.07, 6.45) is 0.632. The molecule has 3 N–H and O–H groups in total. The van der Waals surface area contributed by atoms with E-state index in [1.54, 1.807) is 24.1 Å². The van der Waals surface area contributed by atoms with Crippen molar-refractivity contribution in [2.24, 2.45) is 0 Å². The Morgan fingerprint density at radius 3 is 2.79 bits per heavy atom. The molecule has 6 nitrogen and oxygen atoms in total. The van der Waals surface area contributed by atoms with Crippen LogP contribution in [-0.4, -0.2) is 43.5 Å². The number of likely N-dealkylation sites (tertiary alicyclic amines) is 1. The highest BCUT2D eigenvalue weighted by atomic mass is 16.5. The molecule has 1 aliphatic heterocycles. The Labute approximate surface area is 111 Å². The SMILES string of the molecule is COc1ccc(C(=O)NC2CCN(C)C2=O)cc1N. The fourth-order valence-corrected chi connectivity index (χ4v) is 2.07. The van der Waals surface area contributed by atoms with Crippen LogP contribution in [0.4, 0.5) is 5.69 Å². The van der Waals surface area contributed by atoms with Gasteiger partial charge in [0.2, 0.25) is 5.91 Å². The predicted molar refractivity (Wildman–Crippen MR) is 70.9 cm³/mol. The topological polar surface area (TPSA) is 84.7 Å². The number of benzene rings is 1. The van der Waals surface area contributed by atoms with E-state index in [1.165, 1.54) is 13.2 Å². The van der Waals surface area contributed by atoms with Crippen LogP contribution in [0.25, 0.3) is 0 Å². The van der Waals surface area contributed by atoms with E-state index in [9.17, 15) is 9.59 Å². The van der Waals surface area contributed by atoms with Crippen LogP contribution in [0, 0.1) is 0 Å². The lowest BCUT2D eigenvalue weighted by atomic mass is 10.1. The van der Waals surface area contributed by atoms with Crippen LogP contribution < -0.4 is 15.8 Å². The number of methoxy groups -OCH3 is 1. The summed E-state index contributed by atoms with van der Waals surface area (Å²) in [6, 6.07) is 4.35. The molecule has 1 heterocycles. The van der Waals surface area contributed by atoms with Gasteiger partial charge in [-0.1, -0.05) is 0 Å². The van der Waals surface area contributed by atoms with E-state index >= 15 is 0 Å². The molecule has 1 unspecified atom stereocenters. The number of hydrogen-bond acceptors (Lipinski definition) is 4. The number of anilines is 1. The average molecular weight is 263 g/mol. The highest BCUT2D eigenvalue weighted by Crippen LogP contribution is 2.22. The van der Waals surface area contributed by atoms with Gasteiger partial charge in [0.25, 0.3) is 5.91 Å². The standard InChI is InChI=1S/C13H17N3O3/c1-16-6-5-10(13(16)18)15-12(17)8-3-4-11(19-2)9(14)7-8/h3-4,7,10H,5-6,14H2,1-2H3,(H,15,17). The van der Waals surface area contributed by atoms with Crippen LogP contribution in [0.2, 0.25) is 0 Å². The van der Waals surface area contributed by atoms with Crippen molar-refractivity contribution in [3.8, 4) is 5.75 Å². The number of nitrogen functional groups attached to an aromatic ring is 1. The van der Waals surface area contributed by atoms with Gasteiger partial charge in [-0.3, -0.25) is 9.59 Å². The Morgan fingerprint density at radius 2 is 2.26 bits per heavy atom. The van der Waals surface area contributed by atoms with E-state index in [0.29, 0.717) is 30.0 Å². The third-order valence-electron chi connectivity index (χ3n) is 3.22. The first-order chi connectivity index (χ1) is 9.02. The second kappa shape index (κ2) is 5.17. The molecule has 1 aromatic carbocycles. The van der Waals surface area contributed by atoms with Gasteiger partial charge in [0.05, 0.1) is 12.8 Å². The van der Waals surface area contributed by atoms with Crippen molar-refractivity contribution in [3.63, 3.8) is 0 Å². The maximum atomic E-state index is 12.0. The van der Waals surface area contributed by atoms with Crippen molar-refractivity contribution in [1.82, 2.24) is 10.2 Å². The molecule has 0 spiro atoms. The van der Waals surface area contributed by atoms with Gasteiger partial charge in [-0.2, -0.15) is 0 Å². The lowest BCUT2D eigenvalue weighted by Crippen LogP contribution is -2.40. The number of carbonyl (C=O) groups excluding carboxylic acids is 2. The number of amides is 2. The normalized spacial score (nSPS) is 18.5.